The van der Waals surface area contributed by atoms with E-state index in [9.17, 15) is 4.79 Å². The molecule has 0 bridgehead atoms. The summed E-state index contributed by atoms with van der Waals surface area (Å²) in [6.45, 7) is 6.08. The second-order valence-corrected chi connectivity index (χ2v) is 6.39. The quantitative estimate of drug-likeness (QED) is 0.778. The molecule has 1 saturated heterocycles. The number of hydrogen-bond donors (Lipinski definition) is 0. The molecular weight excluding hydrogens is 326 g/mol. The van der Waals surface area contributed by atoms with Crippen LogP contribution in [0.3, 0.4) is 0 Å². The summed E-state index contributed by atoms with van der Waals surface area (Å²) in [6, 6.07) is 5.46. The minimum Gasteiger partial charge on any atom is -0.338 e. The fourth-order valence-corrected chi connectivity index (χ4v) is 3.15. The maximum atomic E-state index is 12.8. The summed E-state index contributed by atoms with van der Waals surface area (Å²) in [4.78, 5) is 21.2. The van der Waals surface area contributed by atoms with Gasteiger partial charge in [-0.1, -0.05) is 24.6 Å². The van der Waals surface area contributed by atoms with Crippen molar-refractivity contribution in [1.29, 1.82) is 0 Å². The van der Waals surface area contributed by atoms with Crippen molar-refractivity contribution in [1.82, 2.24) is 24.6 Å². The van der Waals surface area contributed by atoms with Crippen LogP contribution in [-0.2, 0) is 11.3 Å². The average Bonchev–Trinajstić information content (AvgIpc) is 3.12. The van der Waals surface area contributed by atoms with E-state index in [1.165, 1.54) is 0 Å². The summed E-state index contributed by atoms with van der Waals surface area (Å²) in [5, 5.41) is 4.73. The molecule has 24 heavy (non-hydrogen) atoms. The van der Waals surface area contributed by atoms with Gasteiger partial charge in [-0.05, 0) is 24.1 Å². The molecule has 0 unspecified atom stereocenters. The molecule has 6 nitrogen and oxygen atoms in total. The summed E-state index contributed by atoms with van der Waals surface area (Å²) in [6.07, 6.45) is 6.13. The van der Waals surface area contributed by atoms with E-state index < -0.39 is 0 Å². The standard InChI is InChI=1S/C17H22ClN5O/c1-2-15(23-7-3-6-20-23)17(24)22-10-8-21(9-11-22)13-14-4-5-16(18)19-12-14/h3-7,12,15H,2,8-11,13H2,1H3/t15-/m1/s1. The number of aromatic nitrogens is 3. The first kappa shape index (κ1) is 16.9. The first-order valence-corrected chi connectivity index (χ1v) is 8.66. The van der Waals surface area contributed by atoms with E-state index in [4.69, 9.17) is 11.6 Å². The van der Waals surface area contributed by atoms with E-state index in [0.717, 1.165) is 44.7 Å². The normalized spacial score (nSPS) is 17.0. The van der Waals surface area contributed by atoms with Crippen LogP contribution in [0.2, 0.25) is 5.15 Å². The number of nitrogens with zero attached hydrogens (tertiary/aromatic N) is 5. The highest BCUT2D eigenvalue weighted by Gasteiger charge is 2.27. The molecule has 2 aromatic heterocycles. The Balaban J connectivity index is 1.54. The van der Waals surface area contributed by atoms with Crippen molar-refractivity contribution in [3.63, 3.8) is 0 Å². The molecule has 0 aliphatic carbocycles. The third-order valence-corrected chi connectivity index (χ3v) is 4.62. The zero-order valence-corrected chi connectivity index (χ0v) is 14.6. The van der Waals surface area contributed by atoms with Crippen LogP contribution in [0.1, 0.15) is 24.9 Å². The fraction of sp³-hybridized carbons (Fsp3) is 0.471. The van der Waals surface area contributed by atoms with Crippen LogP contribution in [-0.4, -0.2) is 56.7 Å². The van der Waals surface area contributed by atoms with Gasteiger partial charge in [0.1, 0.15) is 11.2 Å². The van der Waals surface area contributed by atoms with E-state index in [-0.39, 0.29) is 11.9 Å². The zero-order chi connectivity index (χ0) is 16.9. The van der Waals surface area contributed by atoms with E-state index in [1.54, 1.807) is 10.9 Å². The van der Waals surface area contributed by atoms with Crippen LogP contribution in [0.15, 0.2) is 36.8 Å². The smallest absolute Gasteiger partial charge is 0.247 e. The van der Waals surface area contributed by atoms with Crippen molar-refractivity contribution < 1.29 is 4.79 Å². The molecule has 1 atom stereocenters. The van der Waals surface area contributed by atoms with Crippen LogP contribution in [0, 0.1) is 0 Å². The third-order valence-electron chi connectivity index (χ3n) is 4.39. The van der Waals surface area contributed by atoms with E-state index in [1.807, 2.05) is 42.4 Å². The largest absolute Gasteiger partial charge is 0.338 e. The van der Waals surface area contributed by atoms with Gasteiger partial charge in [0.05, 0.1) is 0 Å². The second kappa shape index (κ2) is 7.77. The van der Waals surface area contributed by atoms with E-state index in [0.29, 0.717) is 5.15 Å². The fourth-order valence-electron chi connectivity index (χ4n) is 3.04. The SMILES string of the molecule is CC[C@H](C(=O)N1CCN(Cc2ccc(Cl)nc2)CC1)n1cccn1. The predicted molar refractivity (Wildman–Crippen MR) is 92.7 cm³/mol. The third kappa shape index (κ3) is 3.94. The molecule has 0 saturated carbocycles. The van der Waals surface area contributed by atoms with Gasteiger partial charge in [-0.3, -0.25) is 14.4 Å². The van der Waals surface area contributed by atoms with Gasteiger partial charge >= 0.3 is 0 Å². The molecule has 3 rings (SSSR count). The highest BCUT2D eigenvalue weighted by atomic mass is 35.5. The zero-order valence-electron chi connectivity index (χ0n) is 13.8. The van der Waals surface area contributed by atoms with Crippen LogP contribution < -0.4 is 0 Å². The lowest BCUT2D eigenvalue weighted by molar-refractivity contribution is -0.137. The number of carbonyl (C=O) groups excluding carboxylic acids is 1. The lowest BCUT2D eigenvalue weighted by Crippen LogP contribution is -2.50. The highest BCUT2D eigenvalue weighted by Crippen LogP contribution is 2.16. The lowest BCUT2D eigenvalue weighted by atomic mass is 10.1. The molecular formula is C17H22ClN5O. The maximum absolute atomic E-state index is 12.8. The number of halogens is 1. The molecule has 128 valence electrons. The van der Waals surface area contributed by atoms with Gasteiger partial charge < -0.3 is 4.90 Å². The summed E-state index contributed by atoms with van der Waals surface area (Å²) >= 11 is 5.82. The number of pyridine rings is 1. The Hall–Kier alpha value is -1.92. The summed E-state index contributed by atoms with van der Waals surface area (Å²) in [5.41, 5.74) is 1.14. The van der Waals surface area contributed by atoms with Gasteiger partial charge in [-0.25, -0.2) is 4.98 Å². The van der Waals surface area contributed by atoms with E-state index >= 15 is 0 Å². The Morgan fingerprint density at radius 1 is 1.29 bits per heavy atom. The minimum absolute atomic E-state index is 0.161. The maximum Gasteiger partial charge on any atom is 0.247 e. The number of amides is 1. The molecule has 0 spiro atoms. The Morgan fingerprint density at radius 3 is 2.67 bits per heavy atom. The van der Waals surface area contributed by atoms with Gasteiger partial charge in [-0.2, -0.15) is 5.10 Å². The number of rotatable bonds is 5. The Labute approximate surface area is 147 Å². The Bertz CT molecular complexity index is 650. The monoisotopic (exact) mass is 347 g/mol. The average molecular weight is 348 g/mol. The number of carbonyl (C=O) groups is 1. The van der Waals surface area contributed by atoms with Crippen molar-refractivity contribution in [3.8, 4) is 0 Å². The Morgan fingerprint density at radius 2 is 2.08 bits per heavy atom. The van der Waals surface area contributed by atoms with Gasteiger partial charge in [0.15, 0.2) is 0 Å². The molecule has 1 aliphatic rings. The summed E-state index contributed by atoms with van der Waals surface area (Å²) in [7, 11) is 0. The van der Waals surface area contributed by atoms with Gasteiger partial charge in [0.2, 0.25) is 5.91 Å². The topological polar surface area (TPSA) is 54.3 Å². The lowest BCUT2D eigenvalue weighted by Gasteiger charge is -2.36. The Kier molecular flexibility index (Phi) is 5.48. The van der Waals surface area contributed by atoms with Crippen molar-refractivity contribution in [3.05, 3.63) is 47.5 Å². The van der Waals surface area contributed by atoms with E-state index in [2.05, 4.69) is 15.0 Å². The van der Waals surface area contributed by atoms with Crippen molar-refractivity contribution >= 4 is 17.5 Å². The number of hydrogen-bond acceptors (Lipinski definition) is 4. The molecule has 1 fully saturated rings. The predicted octanol–water partition coefficient (Wildman–Crippen LogP) is 2.23. The van der Waals surface area contributed by atoms with Crippen LogP contribution in [0.4, 0.5) is 0 Å². The molecule has 3 heterocycles. The molecule has 7 heteroatoms. The second-order valence-electron chi connectivity index (χ2n) is 6.00. The van der Waals surface area contributed by atoms with Crippen molar-refractivity contribution in [2.75, 3.05) is 26.2 Å². The van der Waals surface area contributed by atoms with Gasteiger partial charge in [-0.15, -0.1) is 0 Å². The highest BCUT2D eigenvalue weighted by molar-refractivity contribution is 6.29. The molecule has 0 N–H and O–H groups in total. The van der Waals surface area contributed by atoms with Crippen LogP contribution in [0.5, 0.6) is 0 Å². The van der Waals surface area contributed by atoms with Gasteiger partial charge in [0, 0.05) is 51.3 Å². The molecule has 1 amide bonds. The number of piperazine rings is 1. The first-order chi connectivity index (χ1) is 11.7. The molecule has 0 aromatic carbocycles. The first-order valence-electron chi connectivity index (χ1n) is 8.28. The van der Waals surface area contributed by atoms with Crippen molar-refractivity contribution in [2.24, 2.45) is 0 Å². The molecule has 2 aromatic rings. The minimum atomic E-state index is -0.202. The summed E-state index contributed by atoms with van der Waals surface area (Å²) < 4.78 is 1.76. The summed E-state index contributed by atoms with van der Waals surface area (Å²) in [5.74, 6) is 0.161. The molecule has 1 aliphatic heterocycles. The van der Waals surface area contributed by atoms with Crippen molar-refractivity contribution in [2.45, 2.75) is 25.9 Å². The van der Waals surface area contributed by atoms with Gasteiger partial charge in [0.25, 0.3) is 0 Å². The van der Waals surface area contributed by atoms with Crippen LogP contribution >= 0.6 is 11.6 Å². The van der Waals surface area contributed by atoms with Crippen LogP contribution in [0.25, 0.3) is 0 Å². The molecule has 0 radical (unpaired) electrons.